The second-order valence-corrected chi connectivity index (χ2v) is 8.05. The molecule has 1 aliphatic rings. The zero-order valence-corrected chi connectivity index (χ0v) is 17.9. The molecule has 156 valence electrons. The first kappa shape index (κ1) is 20.3. The van der Waals surface area contributed by atoms with Crippen LogP contribution in [0.3, 0.4) is 0 Å². The van der Waals surface area contributed by atoms with Crippen LogP contribution in [-0.2, 0) is 6.54 Å². The van der Waals surface area contributed by atoms with Crippen molar-refractivity contribution in [1.29, 1.82) is 0 Å². The number of aromatic nitrogens is 3. The van der Waals surface area contributed by atoms with E-state index in [-0.39, 0.29) is 0 Å². The van der Waals surface area contributed by atoms with E-state index in [1.165, 1.54) is 15.6 Å². The Morgan fingerprint density at radius 2 is 1.60 bits per heavy atom. The first-order valence-electron chi connectivity index (χ1n) is 10.1. The molecule has 1 aromatic carbocycles. The number of rotatable bonds is 9. The van der Waals surface area contributed by atoms with Gasteiger partial charge in [-0.15, -0.1) is 24.5 Å². The number of nitrogens with zero attached hydrogens (tertiary/aromatic N) is 5. The molecule has 30 heavy (non-hydrogen) atoms. The molecule has 0 radical (unpaired) electrons. The average Bonchev–Trinajstić information content (AvgIpc) is 3.19. The van der Waals surface area contributed by atoms with Gasteiger partial charge in [0.25, 0.3) is 0 Å². The summed E-state index contributed by atoms with van der Waals surface area (Å²) in [5.41, 5.74) is 1.41. The highest BCUT2D eigenvalue weighted by Gasteiger charge is 2.21. The number of nitrogens with one attached hydrogen (secondary N) is 2. The van der Waals surface area contributed by atoms with Crippen LogP contribution in [0, 0.1) is 0 Å². The molecule has 3 heterocycles. The lowest BCUT2D eigenvalue weighted by molar-refractivity contribution is 0.250. The third-order valence-electron chi connectivity index (χ3n) is 5.04. The monoisotopic (exact) mass is 421 g/mol. The van der Waals surface area contributed by atoms with Gasteiger partial charge in [0.1, 0.15) is 0 Å². The van der Waals surface area contributed by atoms with Crippen molar-refractivity contribution >= 4 is 39.3 Å². The Balaban J connectivity index is 1.42. The van der Waals surface area contributed by atoms with E-state index in [1.54, 1.807) is 12.2 Å². The molecule has 2 aromatic heterocycles. The van der Waals surface area contributed by atoms with E-state index < -0.39 is 0 Å². The minimum Gasteiger partial charge on any atom is -0.351 e. The summed E-state index contributed by atoms with van der Waals surface area (Å²) in [6.45, 7) is 13.4. The number of hydrogen-bond donors (Lipinski definition) is 2. The molecule has 0 spiro atoms. The highest BCUT2D eigenvalue weighted by molar-refractivity contribution is 7.17. The van der Waals surface area contributed by atoms with Gasteiger partial charge in [0.15, 0.2) is 0 Å². The van der Waals surface area contributed by atoms with Gasteiger partial charge >= 0.3 is 0 Å². The van der Waals surface area contributed by atoms with Gasteiger partial charge in [0, 0.05) is 50.5 Å². The van der Waals surface area contributed by atoms with Gasteiger partial charge < -0.3 is 15.5 Å². The first-order chi connectivity index (χ1) is 14.8. The van der Waals surface area contributed by atoms with E-state index >= 15 is 0 Å². The molecule has 4 rings (SSSR count). The zero-order valence-electron chi connectivity index (χ0n) is 17.0. The van der Waals surface area contributed by atoms with Crippen molar-refractivity contribution in [3.63, 3.8) is 0 Å². The minimum absolute atomic E-state index is 0.554. The van der Waals surface area contributed by atoms with Gasteiger partial charge in [0.05, 0.1) is 0 Å². The third-order valence-corrected chi connectivity index (χ3v) is 6.06. The summed E-state index contributed by atoms with van der Waals surface area (Å²) in [6, 6.07) is 8.63. The molecule has 2 N–H and O–H groups in total. The fraction of sp³-hybridized carbons (Fsp3) is 0.318. The Labute approximate surface area is 181 Å². The predicted molar refractivity (Wildman–Crippen MR) is 127 cm³/mol. The lowest BCUT2D eigenvalue weighted by Crippen LogP contribution is -2.46. The fourth-order valence-corrected chi connectivity index (χ4v) is 4.45. The van der Waals surface area contributed by atoms with Gasteiger partial charge in [-0.25, -0.2) is 0 Å². The Bertz CT molecular complexity index is 977. The molecular formula is C22H27N7S. The normalized spacial score (nSPS) is 14.6. The number of hydrogen-bond acceptors (Lipinski definition) is 8. The predicted octanol–water partition coefficient (Wildman–Crippen LogP) is 3.60. The lowest BCUT2D eigenvalue weighted by Gasteiger charge is -2.34. The van der Waals surface area contributed by atoms with Gasteiger partial charge in [-0.2, -0.15) is 15.0 Å². The minimum atomic E-state index is 0.554. The largest absolute Gasteiger partial charge is 0.351 e. The van der Waals surface area contributed by atoms with E-state index in [9.17, 15) is 0 Å². The van der Waals surface area contributed by atoms with Crippen molar-refractivity contribution in [3.8, 4) is 0 Å². The van der Waals surface area contributed by atoms with E-state index in [4.69, 9.17) is 0 Å². The smallest absolute Gasteiger partial charge is 0.232 e. The van der Waals surface area contributed by atoms with Crippen molar-refractivity contribution in [2.75, 3.05) is 54.8 Å². The van der Waals surface area contributed by atoms with E-state index in [0.29, 0.717) is 30.9 Å². The van der Waals surface area contributed by atoms with Gasteiger partial charge in [-0.3, -0.25) is 4.90 Å². The maximum atomic E-state index is 4.61. The summed E-state index contributed by atoms with van der Waals surface area (Å²) < 4.78 is 1.36. The van der Waals surface area contributed by atoms with Crippen molar-refractivity contribution in [2.24, 2.45) is 0 Å². The van der Waals surface area contributed by atoms with Crippen LogP contribution in [0.25, 0.3) is 10.1 Å². The van der Waals surface area contributed by atoms with E-state index in [2.05, 4.69) is 78.2 Å². The SMILES string of the molecule is C=CCNc1nc(NCC=C)nc(N2CCN(Cc3csc4ccccc34)CC2)n1. The van der Waals surface area contributed by atoms with Gasteiger partial charge in [-0.1, -0.05) is 30.4 Å². The molecule has 0 bridgehead atoms. The van der Waals surface area contributed by atoms with Gasteiger partial charge in [0.2, 0.25) is 17.8 Å². The first-order valence-corrected chi connectivity index (χ1v) is 11.0. The molecule has 0 unspecified atom stereocenters. The molecule has 8 heteroatoms. The third kappa shape index (κ3) is 4.77. The number of anilines is 3. The molecule has 3 aromatic rings. The number of benzene rings is 1. The van der Waals surface area contributed by atoms with Crippen molar-refractivity contribution < 1.29 is 0 Å². The van der Waals surface area contributed by atoms with Crippen LogP contribution in [-0.4, -0.2) is 59.1 Å². The molecular weight excluding hydrogens is 394 g/mol. The van der Waals surface area contributed by atoms with Crippen LogP contribution in [0.1, 0.15) is 5.56 Å². The number of thiophene rings is 1. The Hall–Kier alpha value is -2.97. The van der Waals surface area contributed by atoms with Gasteiger partial charge in [-0.05, 0) is 22.4 Å². The summed E-state index contributed by atoms with van der Waals surface area (Å²) in [5, 5.41) is 9.99. The maximum absolute atomic E-state index is 4.61. The summed E-state index contributed by atoms with van der Waals surface area (Å²) in [5.74, 6) is 1.81. The van der Waals surface area contributed by atoms with E-state index in [1.807, 2.05) is 11.3 Å². The van der Waals surface area contributed by atoms with Crippen molar-refractivity contribution in [3.05, 3.63) is 60.5 Å². The van der Waals surface area contributed by atoms with Crippen LogP contribution in [0.2, 0.25) is 0 Å². The van der Waals surface area contributed by atoms with Crippen LogP contribution in [0.15, 0.2) is 55.0 Å². The van der Waals surface area contributed by atoms with Crippen molar-refractivity contribution in [2.45, 2.75) is 6.54 Å². The lowest BCUT2D eigenvalue weighted by atomic mass is 10.1. The second kappa shape index (κ2) is 9.69. The molecule has 1 fully saturated rings. The Kier molecular flexibility index (Phi) is 6.56. The highest BCUT2D eigenvalue weighted by Crippen LogP contribution is 2.27. The molecule has 0 atom stereocenters. The highest BCUT2D eigenvalue weighted by atomic mass is 32.1. The van der Waals surface area contributed by atoms with Crippen LogP contribution in [0.4, 0.5) is 17.8 Å². The maximum Gasteiger partial charge on any atom is 0.232 e. The summed E-state index contributed by atoms with van der Waals surface area (Å²) in [7, 11) is 0. The van der Waals surface area contributed by atoms with Crippen LogP contribution >= 0.6 is 11.3 Å². The van der Waals surface area contributed by atoms with Crippen LogP contribution < -0.4 is 15.5 Å². The van der Waals surface area contributed by atoms with Crippen LogP contribution in [0.5, 0.6) is 0 Å². The average molecular weight is 422 g/mol. The topological polar surface area (TPSA) is 69.2 Å². The summed E-state index contributed by atoms with van der Waals surface area (Å²) >= 11 is 1.82. The quantitative estimate of drug-likeness (QED) is 0.512. The summed E-state index contributed by atoms with van der Waals surface area (Å²) in [4.78, 5) is 18.4. The molecule has 0 saturated carbocycles. The van der Waals surface area contributed by atoms with E-state index in [0.717, 1.165) is 32.7 Å². The molecule has 7 nitrogen and oxygen atoms in total. The molecule has 0 aliphatic carbocycles. The summed E-state index contributed by atoms with van der Waals surface area (Å²) in [6.07, 6.45) is 3.57. The Morgan fingerprint density at radius 1 is 0.933 bits per heavy atom. The zero-order chi connectivity index (χ0) is 20.8. The molecule has 0 amide bonds. The number of piperazine rings is 1. The molecule has 1 saturated heterocycles. The standard InChI is InChI=1S/C22H27N7S/c1-3-9-23-20-25-21(24-10-4-2)27-22(26-20)29-13-11-28(12-14-29)15-17-16-30-19-8-6-5-7-18(17)19/h3-8,16H,1-2,9-15H2,(H2,23,24,25,26,27). The second-order valence-electron chi connectivity index (χ2n) is 7.14. The Morgan fingerprint density at radius 3 is 2.27 bits per heavy atom. The van der Waals surface area contributed by atoms with Crippen molar-refractivity contribution in [1.82, 2.24) is 19.9 Å². The fourth-order valence-electron chi connectivity index (χ4n) is 3.49. The number of fused-ring (bicyclic) bond motifs is 1. The molecule has 1 aliphatic heterocycles.